The van der Waals surface area contributed by atoms with Gasteiger partial charge in [0.25, 0.3) is 0 Å². The predicted molar refractivity (Wildman–Crippen MR) is 16.8 cm³/mol. The first-order valence-corrected chi connectivity index (χ1v) is 6.12. The number of hydrogen-bond acceptors (Lipinski definition) is 5. The van der Waals surface area contributed by atoms with Gasteiger partial charge < -0.3 is 0 Å². The second kappa shape index (κ2) is 1.05. The van der Waals surface area contributed by atoms with Gasteiger partial charge in [-0.25, -0.2) is 0 Å². The fourth-order valence-corrected chi connectivity index (χ4v) is 0. The summed E-state index contributed by atoms with van der Waals surface area (Å²) in [6.07, 6.45) is 0. The summed E-state index contributed by atoms with van der Waals surface area (Å²) < 4.78 is 37.0. The molecule has 0 fully saturated rings. The van der Waals surface area contributed by atoms with Crippen molar-refractivity contribution in [1.82, 2.24) is 0 Å². The van der Waals surface area contributed by atoms with Gasteiger partial charge in [-0.1, -0.05) is 0 Å². The molecular weight excluding hydrogens is 208 g/mol. The van der Waals surface area contributed by atoms with Gasteiger partial charge in [-0.15, -0.1) is 0 Å². The van der Waals surface area contributed by atoms with Crippen molar-refractivity contribution >= 4 is 18.9 Å². The molecule has 0 aromatic heterocycles. The van der Waals surface area contributed by atoms with Crippen LogP contribution in [0, 0.1) is 0 Å². The Kier molecular flexibility index (Phi) is 1.15. The second-order valence-electron chi connectivity index (χ2n) is 0.816. The van der Waals surface area contributed by atoms with Crippen molar-refractivity contribution in [1.29, 1.82) is 0 Å². The molecule has 0 aromatic rings. The van der Waals surface area contributed by atoms with E-state index in [2.05, 4.69) is 0 Å². The van der Waals surface area contributed by atoms with E-state index in [-0.39, 0.29) is 0 Å². The van der Waals surface area contributed by atoms with E-state index in [1.165, 1.54) is 0 Å². The molecule has 0 saturated carbocycles. The monoisotopic (exact) mass is 215 g/mol. The van der Waals surface area contributed by atoms with Crippen LogP contribution in [0.1, 0.15) is 0 Å². The van der Waals surface area contributed by atoms with Gasteiger partial charge >= 0.3 is 36.2 Å². The number of rotatable bonds is 0. The van der Waals surface area contributed by atoms with Crippen molar-refractivity contribution in [3.63, 3.8) is 0 Å². The average molecular weight is 213 g/mol. The van der Waals surface area contributed by atoms with Gasteiger partial charge in [0, 0.05) is 0 Å². The van der Waals surface area contributed by atoms with Gasteiger partial charge in [-0.3, -0.25) is 0 Å². The minimum absolute atomic E-state index is 6.62. The molecule has 0 aliphatic carbocycles. The van der Waals surface area contributed by atoms with E-state index in [0.717, 1.165) is 0 Å². The van der Waals surface area contributed by atoms with E-state index in [1.54, 1.807) is 0 Å². The molecule has 0 spiro atoms. The summed E-state index contributed by atoms with van der Waals surface area (Å²) in [5.74, 6) is 0. The standard InChI is InChI=1S/H5O5Te/c1-6(2,3,4)5/h1-5H. The van der Waals surface area contributed by atoms with Gasteiger partial charge in [0.05, 0.1) is 0 Å². The average Bonchev–Trinajstić information content (AvgIpc) is 0.650. The molecule has 5 nitrogen and oxygen atoms in total. The third-order valence-corrected chi connectivity index (χ3v) is 0. The van der Waals surface area contributed by atoms with Crippen LogP contribution in [0.3, 0.4) is 0 Å². The Balaban J connectivity index is 3.73. The molecule has 0 rings (SSSR count). The fourth-order valence-electron chi connectivity index (χ4n) is 0. The SMILES string of the molecule is O[Te](O)(O)(O)O. The summed E-state index contributed by atoms with van der Waals surface area (Å²) in [5, 5.41) is 0. The molecule has 0 atom stereocenters. The molecule has 5 N–H and O–H groups in total. The Morgan fingerprint density at radius 3 is 0.667 bits per heavy atom. The zero-order chi connectivity index (χ0) is 5.45. The van der Waals surface area contributed by atoms with Gasteiger partial charge in [-0.05, 0) is 0 Å². The quantitative estimate of drug-likeness (QED) is 0.273. The topological polar surface area (TPSA) is 101 Å². The van der Waals surface area contributed by atoms with Gasteiger partial charge in [0.1, 0.15) is 0 Å². The van der Waals surface area contributed by atoms with E-state index in [4.69, 9.17) is 17.4 Å². The summed E-state index contributed by atoms with van der Waals surface area (Å²) in [6, 6.07) is 0. The van der Waals surface area contributed by atoms with E-state index < -0.39 is 18.9 Å². The van der Waals surface area contributed by atoms with Crippen molar-refractivity contribution < 1.29 is 17.4 Å². The van der Waals surface area contributed by atoms with Crippen LogP contribution in [0.15, 0.2) is 0 Å². The molecule has 41 valence electrons. The predicted octanol–water partition coefficient (Wildman–Crippen LogP) is -3.17. The molecule has 0 aliphatic rings. The molecule has 0 aromatic carbocycles. The van der Waals surface area contributed by atoms with Crippen molar-refractivity contribution in [2.24, 2.45) is 0 Å². The van der Waals surface area contributed by atoms with E-state index in [0.29, 0.717) is 0 Å². The van der Waals surface area contributed by atoms with Crippen molar-refractivity contribution in [3.8, 4) is 0 Å². The van der Waals surface area contributed by atoms with Crippen LogP contribution < -0.4 is 0 Å². The first-order chi connectivity index (χ1) is 2.24. The first kappa shape index (κ1) is 6.59. The molecule has 0 heterocycles. The van der Waals surface area contributed by atoms with E-state index in [1.807, 2.05) is 0 Å². The summed E-state index contributed by atoms with van der Waals surface area (Å²) in [5.41, 5.74) is 0. The molecule has 0 amide bonds. The van der Waals surface area contributed by atoms with Crippen molar-refractivity contribution in [2.75, 3.05) is 0 Å². The molecule has 6 heavy (non-hydrogen) atoms. The van der Waals surface area contributed by atoms with Crippen LogP contribution >= 0.6 is 0 Å². The third kappa shape index (κ3) is 170. The Hall–Kier alpha value is 0.590. The minimum atomic E-state index is -6.62. The number of hydrogen-bond donors (Lipinski definition) is 5. The van der Waals surface area contributed by atoms with Gasteiger partial charge in [0.2, 0.25) is 0 Å². The zero-order valence-electron chi connectivity index (χ0n) is 2.64. The molecule has 0 aliphatic heterocycles. The summed E-state index contributed by atoms with van der Waals surface area (Å²) >= 11 is -6.62. The maximum absolute atomic E-state index is 7.40. The fraction of sp³-hybridized carbons (Fsp3) is 0. The van der Waals surface area contributed by atoms with Crippen LogP contribution in [0.4, 0.5) is 0 Å². The molecule has 1 radical (unpaired) electrons. The Morgan fingerprint density at radius 1 is 0.667 bits per heavy atom. The summed E-state index contributed by atoms with van der Waals surface area (Å²) in [6.45, 7) is 0. The van der Waals surface area contributed by atoms with E-state index in [9.17, 15) is 0 Å². The van der Waals surface area contributed by atoms with Gasteiger partial charge in [-0.2, -0.15) is 0 Å². The Morgan fingerprint density at radius 2 is 0.667 bits per heavy atom. The Labute approximate surface area is 36.8 Å². The molecule has 6 heteroatoms. The molecular formula is H5O5Te. The molecule has 0 unspecified atom stereocenters. The second-order valence-corrected chi connectivity index (χ2v) is 5.48. The first-order valence-electron chi connectivity index (χ1n) is 0.913. The van der Waals surface area contributed by atoms with Crippen LogP contribution in [0.2, 0.25) is 0 Å². The third-order valence-electron chi connectivity index (χ3n) is 0. The van der Waals surface area contributed by atoms with Crippen LogP contribution in [0.5, 0.6) is 0 Å². The van der Waals surface area contributed by atoms with E-state index >= 15 is 0 Å². The van der Waals surface area contributed by atoms with Crippen molar-refractivity contribution in [3.05, 3.63) is 0 Å². The van der Waals surface area contributed by atoms with Crippen molar-refractivity contribution in [2.45, 2.75) is 0 Å². The molecule has 0 saturated heterocycles. The normalized spacial score (nSPS) is 19.2. The van der Waals surface area contributed by atoms with Gasteiger partial charge in [0.15, 0.2) is 0 Å². The molecule has 0 bridgehead atoms. The maximum atomic E-state index is 7.40. The van der Waals surface area contributed by atoms with Crippen LogP contribution in [-0.4, -0.2) is 36.2 Å². The van der Waals surface area contributed by atoms with Crippen LogP contribution in [-0.2, 0) is 0 Å². The summed E-state index contributed by atoms with van der Waals surface area (Å²) in [7, 11) is 0. The van der Waals surface area contributed by atoms with Crippen LogP contribution in [0.25, 0.3) is 0 Å². The summed E-state index contributed by atoms with van der Waals surface area (Å²) in [4.78, 5) is 0. The Bertz CT molecular complexity index is 37.1. The zero-order valence-corrected chi connectivity index (χ0v) is 4.97.